The standard InChI is InChI=1S/C27H25N3O5/c1-4-16-34-20-10-6-18(7-11-20)23-22(24(31)19-8-12-21(13-9-19)35-17(2)3)25(32)26(33)30(23)27-28-14-5-15-29-27/h4-15,17,23,31H,1,16H2,2-3H3. The Morgan fingerprint density at radius 2 is 1.69 bits per heavy atom. The monoisotopic (exact) mass is 471 g/mol. The number of nitrogens with zero attached hydrogens (tertiary/aromatic N) is 3. The van der Waals surface area contributed by atoms with E-state index in [1.54, 1.807) is 60.7 Å². The van der Waals surface area contributed by atoms with E-state index >= 15 is 0 Å². The zero-order valence-electron chi connectivity index (χ0n) is 19.4. The highest BCUT2D eigenvalue weighted by Gasteiger charge is 2.48. The molecule has 0 aliphatic carbocycles. The van der Waals surface area contributed by atoms with Crippen molar-refractivity contribution in [3.05, 3.63) is 96.3 Å². The molecular weight excluding hydrogens is 446 g/mol. The van der Waals surface area contributed by atoms with Crippen molar-refractivity contribution in [3.8, 4) is 11.5 Å². The number of rotatable bonds is 8. The molecule has 3 aromatic rings. The molecule has 2 heterocycles. The molecule has 8 heteroatoms. The number of aliphatic hydroxyl groups is 1. The number of aliphatic hydroxyl groups excluding tert-OH is 1. The van der Waals surface area contributed by atoms with Crippen molar-refractivity contribution < 1.29 is 24.2 Å². The van der Waals surface area contributed by atoms with Crippen molar-refractivity contribution in [2.24, 2.45) is 0 Å². The molecule has 1 aromatic heterocycles. The van der Waals surface area contributed by atoms with Crippen LogP contribution in [0.1, 0.15) is 31.0 Å². The van der Waals surface area contributed by atoms with Gasteiger partial charge in [-0.15, -0.1) is 0 Å². The van der Waals surface area contributed by atoms with Gasteiger partial charge in [0.25, 0.3) is 5.78 Å². The first-order chi connectivity index (χ1) is 16.9. The summed E-state index contributed by atoms with van der Waals surface area (Å²) in [6, 6.07) is 14.3. The van der Waals surface area contributed by atoms with E-state index in [-0.39, 0.29) is 23.4 Å². The normalized spacial score (nSPS) is 17.0. The Morgan fingerprint density at radius 1 is 1.06 bits per heavy atom. The first-order valence-corrected chi connectivity index (χ1v) is 11.1. The van der Waals surface area contributed by atoms with Crippen LogP contribution in [0.15, 0.2) is 85.2 Å². The lowest BCUT2D eigenvalue weighted by Gasteiger charge is -2.23. The molecular formula is C27H25N3O5. The van der Waals surface area contributed by atoms with E-state index in [1.807, 2.05) is 13.8 Å². The molecule has 0 spiro atoms. The van der Waals surface area contributed by atoms with Crippen molar-refractivity contribution in [2.75, 3.05) is 11.5 Å². The van der Waals surface area contributed by atoms with E-state index in [4.69, 9.17) is 9.47 Å². The molecule has 1 saturated heterocycles. The van der Waals surface area contributed by atoms with Crippen LogP contribution in [-0.4, -0.2) is 39.5 Å². The average Bonchev–Trinajstić information content (AvgIpc) is 3.13. The number of amides is 1. The zero-order valence-corrected chi connectivity index (χ0v) is 19.4. The van der Waals surface area contributed by atoms with Crippen LogP contribution in [0.2, 0.25) is 0 Å². The Bertz CT molecular complexity index is 1250. The van der Waals surface area contributed by atoms with Gasteiger partial charge in [0, 0.05) is 18.0 Å². The summed E-state index contributed by atoms with van der Waals surface area (Å²) in [7, 11) is 0. The molecule has 1 atom stereocenters. The number of Topliss-reactive ketones (excluding diaryl/α,β-unsaturated/α-hetero) is 1. The van der Waals surface area contributed by atoms with Crippen LogP contribution >= 0.6 is 0 Å². The van der Waals surface area contributed by atoms with Gasteiger partial charge in [-0.05, 0) is 61.9 Å². The fourth-order valence-corrected chi connectivity index (χ4v) is 3.79. The molecule has 0 saturated carbocycles. The molecule has 1 aliphatic rings. The zero-order chi connectivity index (χ0) is 24.9. The van der Waals surface area contributed by atoms with E-state index in [2.05, 4.69) is 16.5 Å². The second kappa shape index (κ2) is 10.2. The van der Waals surface area contributed by atoms with Crippen LogP contribution in [0.5, 0.6) is 11.5 Å². The molecule has 8 nitrogen and oxygen atoms in total. The summed E-state index contributed by atoms with van der Waals surface area (Å²) in [5.74, 6) is -0.659. The Balaban J connectivity index is 1.81. The number of hydrogen-bond acceptors (Lipinski definition) is 7. The topological polar surface area (TPSA) is 102 Å². The predicted octanol–water partition coefficient (Wildman–Crippen LogP) is 4.45. The summed E-state index contributed by atoms with van der Waals surface area (Å²) in [6.45, 7) is 7.79. The minimum absolute atomic E-state index is 0.0101. The van der Waals surface area contributed by atoms with Gasteiger partial charge in [0.15, 0.2) is 0 Å². The van der Waals surface area contributed by atoms with Crippen LogP contribution in [-0.2, 0) is 9.59 Å². The molecule has 4 rings (SSSR count). The van der Waals surface area contributed by atoms with Gasteiger partial charge in [-0.3, -0.25) is 14.5 Å². The van der Waals surface area contributed by atoms with Crippen molar-refractivity contribution in [1.29, 1.82) is 0 Å². The average molecular weight is 472 g/mol. The van der Waals surface area contributed by atoms with Gasteiger partial charge < -0.3 is 14.6 Å². The highest BCUT2D eigenvalue weighted by atomic mass is 16.5. The van der Waals surface area contributed by atoms with Gasteiger partial charge in [-0.2, -0.15) is 0 Å². The van der Waals surface area contributed by atoms with Gasteiger partial charge >= 0.3 is 5.91 Å². The third kappa shape index (κ3) is 4.91. The largest absolute Gasteiger partial charge is 0.507 e. The highest BCUT2D eigenvalue weighted by molar-refractivity contribution is 6.51. The third-order valence-electron chi connectivity index (χ3n) is 5.28. The first-order valence-electron chi connectivity index (χ1n) is 11.1. The second-order valence-electron chi connectivity index (χ2n) is 8.08. The van der Waals surface area contributed by atoms with Gasteiger partial charge in [0.05, 0.1) is 17.7 Å². The van der Waals surface area contributed by atoms with Gasteiger partial charge in [-0.1, -0.05) is 24.8 Å². The number of carbonyl (C=O) groups is 2. The second-order valence-corrected chi connectivity index (χ2v) is 8.08. The molecule has 2 aromatic carbocycles. The lowest BCUT2D eigenvalue weighted by Crippen LogP contribution is -2.31. The lowest BCUT2D eigenvalue weighted by molar-refractivity contribution is -0.132. The molecule has 0 radical (unpaired) electrons. The Labute approximate surface area is 203 Å². The molecule has 1 amide bonds. The van der Waals surface area contributed by atoms with Crippen LogP contribution in [0.4, 0.5) is 5.95 Å². The summed E-state index contributed by atoms with van der Waals surface area (Å²) < 4.78 is 11.2. The first kappa shape index (κ1) is 23.7. The maximum atomic E-state index is 13.2. The van der Waals surface area contributed by atoms with E-state index < -0.39 is 17.7 Å². The number of ketones is 1. The van der Waals surface area contributed by atoms with Crippen LogP contribution in [0, 0.1) is 0 Å². The summed E-state index contributed by atoms with van der Waals surface area (Å²) in [6.07, 6.45) is 4.59. The molecule has 1 aliphatic heterocycles. The molecule has 1 N–H and O–H groups in total. The molecule has 0 bridgehead atoms. The molecule has 1 unspecified atom stereocenters. The number of benzene rings is 2. The van der Waals surface area contributed by atoms with E-state index in [0.29, 0.717) is 29.2 Å². The summed E-state index contributed by atoms with van der Waals surface area (Å²) >= 11 is 0. The van der Waals surface area contributed by atoms with Crippen molar-refractivity contribution in [1.82, 2.24) is 9.97 Å². The maximum absolute atomic E-state index is 13.2. The number of anilines is 1. The Morgan fingerprint density at radius 3 is 2.29 bits per heavy atom. The smallest absolute Gasteiger partial charge is 0.302 e. The summed E-state index contributed by atoms with van der Waals surface area (Å²) in [5.41, 5.74) is 0.910. The molecule has 35 heavy (non-hydrogen) atoms. The number of hydrogen-bond donors (Lipinski definition) is 1. The van der Waals surface area contributed by atoms with Gasteiger partial charge in [0.2, 0.25) is 5.95 Å². The minimum atomic E-state index is -0.933. The van der Waals surface area contributed by atoms with Crippen molar-refractivity contribution in [3.63, 3.8) is 0 Å². The van der Waals surface area contributed by atoms with E-state index in [9.17, 15) is 14.7 Å². The Hall–Kier alpha value is -4.46. The fourth-order valence-electron chi connectivity index (χ4n) is 3.79. The van der Waals surface area contributed by atoms with E-state index in [1.165, 1.54) is 17.3 Å². The van der Waals surface area contributed by atoms with Gasteiger partial charge in [0.1, 0.15) is 23.9 Å². The minimum Gasteiger partial charge on any atom is -0.507 e. The van der Waals surface area contributed by atoms with Crippen LogP contribution in [0.3, 0.4) is 0 Å². The fraction of sp³-hybridized carbons (Fsp3) is 0.185. The number of carbonyl (C=O) groups excluding carboxylic acids is 2. The summed E-state index contributed by atoms with van der Waals surface area (Å²) in [4.78, 5) is 35.8. The molecule has 1 fully saturated rings. The Kier molecular flexibility index (Phi) is 6.91. The van der Waals surface area contributed by atoms with E-state index in [0.717, 1.165) is 0 Å². The lowest BCUT2D eigenvalue weighted by atomic mass is 9.95. The molecule has 178 valence electrons. The van der Waals surface area contributed by atoms with Crippen LogP contribution in [0.25, 0.3) is 5.76 Å². The van der Waals surface area contributed by atoms with Gasteiger partial charge in [-0.25, -0.2) is 9.97 Å². The van der Waals surface area contributed by atoms with Crippen LogP contribution < -0.4 is 14.4 Å². The van der Waals surface area contributed by atoms with Crippen molar-refractivity contribution >= 4 is 23.4 Å². The number of aromatic nitrogens is 2. The third-order valence-corrected chi connectivity index (χ3v) is 5.28. The highest BCUT2D eigenvalue weighted by Crippen LogP contribution is 2.41. The SMILES string of the molecule is C=CCOc1ccc(C2C(=C(O)c3ccc(OC(C)C)cc3)C(=O)C(=O)N2c2ncccn2)cc1. The maximum Gasteiger partial charge on any atom is 0.302 e. The quantitative estimate of drug-likeness (QED) is 0.224. The summed E-state index contributed by atoms with van der Waals surface area (Å²) in [5, 5.41) is 11.2. The number of ether oxygens (including phenoxy) is 2. The predicted molar refractivity (Wildman–Crippen MR) is 131 cm³/mol. The van der Waals surface area contributed by atoms with Crippen molar-refractivity contribution in [2.45, 2.75) is 26.0 Å².